The second kappa shape index (κ2) is 13.2. The zero-order chi connectivity index (χ0) is 27.9. The number of aryl methyl sites for hydroxylation is 2. The number of fused-ring (bicyclic) bond motifs is 2. The van der Waals surface area contributed by atoms with Crippen LogP contribution in [0.5, 0.6) is 0 Å². The SMILES string of the molecule is Cc1cccc2c1CCC(=N[C@H](C)c1ccccc1)C2.Cc1cccc2c1CC[C@H](N[C@H](C)c1ccccc1)C2. The number of hydrogen-bond donors (Lipinski definition) is 1. The molecule has 0 amide bonds. The van der Waals surface area contributed by atoms with Gasteiger partial charge in [-0.05, 0) is 104 Å². The van der Waals surface area contributed by atoms with Crippen molar-refractivity contribution >= 4 is 5.71 Å². The minimum Gasteiger partial charge on any atom is -0.307 e. The number of nitrogens with zero attached hydrogens (tertiary/aromatic N) is 1. The topological polar surface area (TPSA) is 24.4 Å². The lowest BCUT2D eigenvalue weighted by Crippen LogP contribution is -2.36. The molecule has 0 radical (unpaired) electrons. The van der Waals surface area contributed by atoms with E-state index in [9.17, 15) is 0 Å². The molecule has 0 aromatic heterocycles. The lowest BCUT2D eigenvalue weighted by molar-refractivity contribution is 0.413. The first-order chi connectivity index (χ1) is 19.5. The van der Waals surface area contributed by atoms with Gasteiger partial charge in [-0.1, -0.05) is 97.1 Å². The van der Waals surface area contributed by atoms with Crippen molar-refractivity contribution in [1.29, 1.82) is 0 Å². The van der Waals surface area contributed by atoms with Gasteiger partial charge in [0.05, 0.1) is 6.04 Å². The molecule has 2 heteroatoms. The fourth-order valence-corrected chi connectivity index (χ4v) is 6.39. The molecule has 0 heterocycles. The minimum atomic E-state index is 0.262. The van der Waals surface area contributed by atoms with Gasteiger partial charge in [-0.15, -0.1) is 0 Å². The molecule has 0 fully saturated rings. The molecule has 1 N–H and O–H groups in total. The van der Waals surface area contributed by atoms with Gasteiger partial charge in [0.2, 0.25) is 0 Å². The van der Waals surface area contributed by atoms with Gasteiger partial charge in [0.25, 0.3) is 0 Å². The second-order valence-electron chi connectivity index (χ2n) is 11.6. The maximum absolute atomic E-state index is 4.95. The Morgan fingerprint density at radius 3 is 1.93 bits per heavy atom. The van der Waals surface area contributed by atoms with Gasteiger partial charge in [-0.2, -0.15) is 0 Å². The summed E-state index contributed by atoms with van der Waals surface area (Å²) in [6, 6.07) is 35.9. The standard InChI is InChI=1S/C19H23N.C19H21N/c2*1-14-7-6-10-17-13-18(11-12-19(14)17)20-15(2)16-8-4-3-5-9-16/h3-10,15,18,20H,11-13H2,1-2H3;3-10,15H,11-13H2,1-2H3/t15-,18+;15-/m11/s1. The molecule has 0 bridgehead atoms. The van der Waals surface area contributed by atoms with Crippen molar-refractivity contribution in [3.63, 3.8) is 0 Å². The van der Waals surface area contributed by atoms with Crippen molar-refractivity contribution < 1.29 is 0 Å². The highest BCUT2D eigenvalue weighted by atomic mass is 14.9. The molecule has 0 spiro atoms. The summed E-state index contributed by atoms with van der Waals surface area (Å²) in [7, 11) is 0. The van der Waals surface area contributed by atoms with E-state index in [1.807, 2.05) is 0 Å². The van der Waals surface area contributed by atoms with Gasteiger partial charge >= 0.3 is 0 Å². The van der Waals surface area contributed by atoms with E-state index in [0.717, 1.165) is 25.7 Å². The average molecular weight is 529 g/mol. The molecule has 2 aliphatic rings. The summed E-state index contributed by atoms with van der Waals surface area (Å²) in [6.45, 7) is 8.90. The van der Waals surface area contributed by atoms with Crippen LogP contribution < -0.4 is 5.32 Å². The highest BCUT2D eigenvalue weighted by molar-refractivity contribution is 5.89. The highest BCUT2D eigenvalue weighted by Crippen LogP contribution is 2.27. The molecule has 0 saturated heterocycles. The summed E-state index contributed by atoms with van der Waals surface area (Å²) < 4.78 is 0. The summed E-state index contributed by atoms with van der Waals surface area (Å²) >= 11 is 0. The first-order valence-electron chi connectivity index (χ1n) is 15.0. The third kappa shape index (κ3) is 6.98. The van der Waals surface area contributed by atoms with E-state index < -0.39 is 0 Å². The highest BCUT2D eigenvalue weighted by Gasteiger charge is 2.21. The van der Waals surface area contributed by atoms with E-state index in [2.05, 4.69) is 130 Å². The Morgan fingerprint density at radius 2 is 1.25 bits per heavy atom. The van der Waals surface area contributed by atoms with Crippen LogP contribution >= 0.6 is 0 Å². The van der Waals surface area contributed by atoms with Gasteiger partial charge in [0, 0.05) is 24.2 Å². The molecule has 2 nitrogen and oxygen atoms in total. The van der Waals surface area contributed by atoms with Crippen molar-refractivity contribution in [2.24, 2.45) is 4.99 Å². The maximum Gasteiger partial charge on any atom is 0.0720 e. The molecule has 4 aromatic carbocycles. The number of nitrogens with one attached hydrogen (secondary N) is 1. The maximum atomic E-state index is 4.95. The van der Waals surface area contributed by atoms with E-state index in [1.54, 1.807) is 11.1 Å². The molecule has 3 atom stereocenters. The van der Waals surface area contributed by atoms with Gasteiger partial charge < -0.3 is 5.32 Å². The second-order valence-corrected chi connectivity index (χ2v) is 11.6. The molecule has 2 aliphatic carbocycles. The molecular formula is C38H44N2. The predicted octanol–water partition coefficient (Wildman–Crippen LogP) is 8.89. The first-order valence-corrected chi connectivity index (χ1v) is 15.0. The van der Waals surface area contributed by atoms with Crippen LogP contribution in [0.4, 0.5) is 0 Å². The van der Waals surface area contributed by atoms with Crippen LogP contribution in [0.25, 0.3) is 0 Å². The van der Waals surface area contributed by atoms with Crippen LogP contribution in [-0.2, 0) is 25.7 Å². The van der Waals surface area contributed by atoms with Crippen LogP contribution in [0.15, 0.2) is 102 Å². The van der Waals surface area contributed by atoms with Gasteiger partial charge in [0.1, 0.15) is 0 Å². The quantitative estimate of drug-likeness (QED) is 0.275. The summed E-state index contributed by atoms with van der Waals surface area (Å²) in [5.74, 6) is 0. The molecule has 4 aromatic rings. The zero-order valence-electron chi connectivity index (χ0n) is 24.7. The smallest absolute Gasteiger partial charge is 0.0720 e. The molecule has 0 saturated carbocycles. The number of benzene rings is 4. The monoisotopic (exact) mass is 528 g/mol. The Morgan fingerprint density at radius 1 is 0.650 bits per heavy atom. The first kappa shape index (κ1) is 28.1. The fraction of sp³-hybridized carbons (Fsp3) is 0.342. The largest absolute Gasteiger partial charge is 0.307 e. The Bertz CT molecular complexity index is 1420. The number of rotatable bonds is 5. The minimum absolute atomic E-state index is 0.262. The third-order valence-corrected chi connectivity index (χ3v) is 8.73. The lowest BCUT2D eigenvalue weighted by atomic mass is 9.85. The van der Waals surface area contributed by atoms with Gasteiger partial charge in [-0.25, -0.2) is 0 Å². The van der Waals surface area contributed by atoms with Gasteiger partial charge in [-0.3, -0.25) is 4.99 Å². The Labute approximate surface area is 241 Å². The Kier molecular flexibility index (Phi) is 9.29. The fourth-order valence-electron chi connectivity index (χ4n) is 6.39. The Balaban J connectivity index is 0.000000161. The third-order valence-electron chi connectivity index (χ3n) is 8.73. The van der Waals surface area contributed by atoms with Crippen LogP contribution in [-0.4, -0.2) is 11.8 Å². The van der Waals surface area contributed by atoms with Crippen molar-refractivity contribution in [2.75, 3.05) is 0 Å². The molecule has 0 aliphatic heterocycles. The van der Waals surface area contributed by atoms with Gasteiger partial charge in [0.15, 0.2) is 0 Å². The summed E-state index contributed by atoms with van der Waals surface area (Å²) in [5, 5.41) is 3.80. The average Bonchev–Trinajstić information content (AvgIpc) is 2.98. The van der Waals surface area contributed by atoms with Crippen molar-refractivity contribution in [3.8, 4) is 0 Å². The number of hydrogen-bond acceptors (Lipinski definition) is 2. The Hall–Kier alpha value is -3.49. The molecule has 40 heavy (non-hydrogen) atoms. The lowest BCUT2D eigenvalue weighted by Gasteiger charge is -2.29. The zero-order valence-corrected chi connectivity index (χ0v) is 24.7. The van der Waals surface area contributed by atoms with E-state index in [1.165, 1.54) is 51.9 Å². The van der Waals surface area contributed by atoms with E-state index in [-0.39, 0.29) is 6.04 Å². The normalized spacial score (nSPS) is 18.6. The van der Waals surface area contributed by atoms with Crippen LogP contribution in [0.2, 0.25) is 0 Å². The van der Waals surface area contributed by atoms with Crippen LogP contribution in [0, 0.1) is 13.8 Å². The summed E-state index contributed by atoms with van der Waals surface area (Å²) in [4.78, 5) is 4.95. The summed E-state index contributed by atoms with van der Waals surface area (Å²) in [5.41, 5.74) is 13.0. The van der Waals surface area contributed by atoms with E-state index in [0.29, 0.717) is 12.1 Å². The summed E-state index contributed by atoms with van der Waals surface area (Å²) in [6.07, 6.45) is 6.88. The van der Waals surface area contributed by atoms with Crippen LogP contribution in [0.1, 0.15) is 83.3 Å². The number of aliphatic imine (C=N–C) groups is 1. The molecular weight excluding hydrogens is 484 g/mol. The van der Waals surface area contributed by atoms with Crippen molar-refractivity contribution in [2.45, 2.75) is 84.3 Å². The molecule has 6 rings (SSSR count). The van der Waals surface area contributed by atoms with Crippen molar-refractivity contribution in [3.05, 3.63) is 142 Å². The van der Waals surface area contributed by atoms with E-state index >= 15 is 0 Å². The molecule has 0 unspecified atom stereocenters. The van der Waals surface area contributed by atoms with E-state index in [4.69, 9.17) is 4.99 Å². The molecule has 206 valence electrons. The van der Waals surface area contributed by atoms with Crippen LogP contribution in [0.3, 0.4) is 0 Å². The predicted molar refractivity (Wildman–Crippen MR) is 170 cm³/mol. The van der Waals surface area contributed by atoms with Crippen molar-refractivity contribution in [1.82, 2.24) is 5.32 Å².